The van der Waals surface area contributed by atoms with E-state index in [4.69, 9.17) is 10.5 Å². The smallest absolute Gasteiger partial charge is 0.328 e. The fourth-order valence-electron chi connectivity index (χ4n) is 1.89. The highest BCUT2D eigenvalue weighted by molar-refractivity contribution is 6.09. The van der Waals surface area contributed by atoms with Crippen LogP contribution in [0.4, 0.5) is 0 Å². The Bertz CT molecular complexity index is 648. The Balaban J connectivity index is 2.08. The van der Waals surface area contributed by atoms with Crippen LogP contribution in [-0.4, -0.2) is 17.8 Å². The van der Waals surface area contributed by atoms with Crippen LogP contribution in [0.15, 0.2) is 54.6 Å². The molecule has 2 aromatic carbocycles. The minimum Gasteiger partial charge on any atom is -0.425 e. The summed E-state index contributed by atoms with van der Waals surface area (Å²) in [6.45, 7) is 3.71. The molecule has 0 aliphatic heterocycles. The van der Waals surface area contributed by atoms with Gasteiger partial charge in [0.05, 0.1) is 0 Å². The van der Waals surface area contributed by atoms with E-state index < -0.39 is 12.0 Å². The van der Waals surface area contributed by atoms with Crippen molar-refractivity contribution in [3.8, 4) is 5.75 Å². The maximum absolute atomic E-state index is 12.2. The Labute approximate surface area is 129 Å². The van der Waals surface area contributed by atoms with E-state index in [0.717, 1.165) is 0 Å². The van der Waals surface area contributed by atoms with Crippen LogP contribution in [0.25, 0.3) is 0 Å². The molecule has 114 valence electrons. The minimum absolute atomic E-state index is 0.00596. The molecule has 4 heteroatoms. The van der Waals surface area contributed by atoms with E-state index in [0.29, 0.717) is 16.9 Å². The normalized spacial score (nSPS) is 12.0. The molecule has 0 bridgehead atoms. The summed E-state index contributed by atoms with van der Waals surface area (Å²) in [6.07, 6.45) is 0. The van der Waals surface area contributed by atoms with E-state index in [9.17, 15) is 9.59 Å². The Morgan fingerprint density at radius 1 is 0.909 bits per heavy atom. The molecule has 0 fully saturated rings. The lowest BCUT2D eigenvalue weighted by Crippen LogP contribution is -2.38. The Kier molecular flexibility index (Phi) is 5.07. The first kappa shape index (κ1) is 15.9. The zero-order valence-electron chi connectivity index (χ0n) is 12.7. The molecule has 0 aliphatic carbocycles. The van der Waals surface area contributed by atoms with Gasteiger partial charge in [0.2, 0.25) is 0 Å². The second-order valence-electron chi connectivity index (χ2n) is 5.41. The fourth-order valence-corrected chi connectivity index (χ4v) is 1.89. The van der Waals surface area contributed by atoms with Gasteiger partial charge in [-0.1, -0.05) is 44.2 Å². The van der Waals surface area contributed by atoms with E-state index in [1.807, 2.05) is 32.0 Å². The molecule has 4 nitrogen and oxygen atoms in total. The van der Waals surface area contributed by atoms with E-state index in [1.165, 1.54) is 0 Å². The molecule has 1 atom stereocenters. The van der Waals surface area contributed by atoms with Crippen LogP contribution in [0.3, 0.4) is 0 Å². The number of benzene rings is 2. The molecule has 0 spiro atoms. The Hall–Kier alpha value is -2.46. The predicted octanol–water partition coefficient (Wildman–Crippen LogP) is 2.81. The lowest BCUT2D eigenvalue weighted by Gasteiger charge is -2.14. The summed E-state index contributed by atoms with van der Waals surface area (Å²) < 4.78 is 5.20. The van der Waals surface area contributed by atoms with Crippen molar-refractivity contribution in [3.05, 3.63) is 65.7 Å². The Morgan fingerprint density at radius 2 is 1.45 bits per heavy atom. The molecule has 0 amide bonds. The lowest BCUT2D eigenvalue weighted by atomic mass is 10.0. The van der Waals surface area contributed by atoms with E-state index in [2.05, 4.69) is 0 Å². The molecule has 0 saturated carbocycles. The summed E-state index contributed by atoms with van der Waals surface area (Å²) in [5.41, 5.74) is 6.89. The van der Waals surface area contributed by atoms with Crippen LogP contribution >= 0.6 is 0 Å². The van der Waals surface area contributed by atoms with Crippen molar-refractivity contribution in [2.75, 3.05) is 0 Å². The van der Waals surface area contributed by atoms with Gasteiger partial charge < -0.3 is 10.5 Å². The number of esters is 1. The summed E-state index contributed by atoms with van der Waals surface area (Å²) in [5.74, 6) is -0.161. The van der Waals surface area contributed by atoms with Crippen molar-refractivity contribution in [1.82, 2.24) is 0 Å². The highest BCUT2D eigenvalue weighted by Crippen LogP contribution is 2.16. The molecule has 2 rings (SSSR count). The number of ether oxygens (including phenoxy) is 1. The van der Waals surface area contributed by atoms with E-state index >= 15 is 0 Å². The molecule has 0 heterocycles. The van der Waals surface area contributed by atoms with Crippen LogP contribution < -0.4 is 10.5 Å². The van der Waals surface area contributed by atoms with Crippen LogP contribution in [0.2, 0.25) is 0 Å². The number of rotatable bonds is 5. The number of hydrogen-bond donors (Lipinski definition) is 1. The number of nitrogens with two attached hydrogens (primary N) is 1. The van der Waals surface area contributed by atoms with Gasteiger partial charge in [-0.15, -0.1) is 0 Å². The number of ketones is 1. The zero-order valence-corrected chi connectivity index (χ0v) is 12.7. The van der Waals surface area contributed by atoms with Crippen molar-refractivity contribution in [2.24, 2.45) is 11.7 Å². The summed E-state index contributed by atoms with van der Waals surface area (Å²) in [4.78, 5) is 24.0. The first-order chi connectivity index (χ1) is 10.5. The average Bonchev–Trinajstić information content (AvgIpc) is 2.54. The largest absolute Gasteiger partial charge is 0.425 e. The molecule has 2 aromatic rings. The second kappa shape index (κ2) is 7.00. The van der Waals surface area contributed by atoms with Gasteiger partial charge in [0.25, 0.3) is 0 Å². The number of hydrogen-bond acceptors (Lipinski definition) is 4. The quantitative estimate of drug-likeness (QED) is 0.523. The fraction of sp³-hybridized carbons (Fsp3) is 0.222. The van der Waals surface area contributed by atoms with Gasteiger partial charge in [0.15, 0.2) is 5.78 Å². The van der Waals surface area contributed by atoms with Gasteiger partial charge in [-0.2, -0.15) is 0 Å². The standard InChI is InChI=1S/C18H19NO3/c1-12(2)16(19)18(21)22-15-10-8-14(9-11-15)17(20)13-6-4-3-5-7-13/h3-12,16H,19H2,1-2H3/t16-/m0/s1. The van der Waals surface area contributed by atoms with Crippen LogP contribution in [-0.2, 0) is 4.79 Å². The Morgan fingerprint density at radius 3 is 2.00 bits per heavy atom. The van der Waals surface area contributed by atoms with Gasteiger partial charge in [-0.05, 0) is 30.2 Å². The highest BCUT2D eigenvalue weighted by Gasteiger charge is 2.19. The molecule has 0 radical (unpaired) electrons. The summed E-state index contributed by atoms with van der Waals surface area (Å²) in [6, 6.07) is 14.8. The third-order valence-corrected chi connectivity index (χ3v) is 3.36. The molecule has 0 unspecified atom stereocenters. The van der Waals surface area contributed by atoms with Crippen LogP contribution in [0.1, 0.15) is 29.8 Å². The molecule has 0 saturated heterocycles. The monoisotopic (exact) mass is 297 g/mol. The van der Waals surface area contributed by atoms with E-state index in [1.54, 1.807) is 36.4 Å². The highest BCUT2D eigenvalue weighted by atomic mass is 16.5. The van der Waals surface area contributed by atoms with Gasteiger partial charge >= 0.3 is 5.97 Å². The van der Waals surface area contributed by atoms with Crippen molar-refractivity contribution < 1.29 is 14.3 Å². The van der Waals surface area contributed by atoms with Crippen molar-refractivity contribution >= 4 is 11.8 Å². The van der Waals surface area contributed by atoms with Crippen molar-refractivity contribution in [2.45, 2.75) is 19.9 Å². The topological polar surface area (TPSA) is 69.4 Å². The van der Waals surface area contributed by atoms with Crippen LogP contribution in [0.5, 0.6) is 5.75 Å². The average molecular weight is 297 g/mol. The molecule has 22 heavy (non-hydrogen) atoms. The molecule has 0 aromatic heterocycles. The molecular formula is C18H19NO3. The zero-order chi connectivity index (χ0) is 16.1. The van der Waals surface area contributed by atoms with Gasteiger partial charge in [-0.3, -0.25) is 4.79 Å². The third kappa shape index (κ3) is 3.80. The van der Waals surface area contributed by atoms with Gasteiger partial charge in [0, 0.05) is 11.1 Å². The molecular weight excluding hydrogens is 278 g/mol. The number of carbonyl (C=O) groups excluding carboxylic acids is 2. The molecule has 2 N–H and O–H groups in total. The summed E-state index contributed by atoms with van der Waals surface area (Å²) >= 11 is 0. The first-order valence-electron chi connectivity index (χ1n) is 7.16. The molecule has 0 aliphatic rings. The summed E-state index contributed by atoms with van der Waals surface area (Å²) in [5, 5.41) is 0. The summed E-state index contributed by atoms with van der Waals surface area (Å²) in [7, 11) is 0. The van der Waals surface area contributed by atoms with Gasteiger partial charge in [0.1, 0.15) is 11.8 Å². The predicted molar refractivity (Wildman–Crippen MR) is 84.8 cm³/mol. The SMILES string of the molecule is CC(C)[C@H](N)C(=O)Oc1ccc(C(=O)c2ccccc2)cc1. The minimum atomic E-state index is -0.661. The second-order valence-corrected chi connectivity index (χ2v) is 5.41. The van der Waals surface area contributed by atoms with Crippen LogP contribution in [0, 0.1) is 5.92 Å². The third-order valence-electron chi connectivity index (χ3n) is 3.36. The first-order valence-corrected chi connectivity index (χ1v) is 7.16. The number of carbonyl (C=O) groups is 2. The maximum atomic E-state index is 12.2. The lowest BCUT2D eigenvalue weighted by molar-refractivity contribution is -0.136. The van der Waals surface area contributed by atoms with Crippen molar-refractivity contribution in [3.63, 3.8) is 0 Å². The van der Waals surface area contributed by atoms with Crippen molar-refractivity contribution in [1.29, 1.82) is 0 Å². The van der Waals surface area contributed by atoms with E-state index in [-0.39, 0.29) is 11.7 Å². The maximum Gasteiger partial charge on any atom is 0.328 e. The van der Waals surface area contributed by atoms with Gasteiger partial charge in [-0.25, -0.2) is 4.79 Å².